The highest BCUT2D eigenvalue weighted by molar-refractivity contribution is 7.84. The van der Waals surface area contributed by atoms with Crippen molar-refractivity contribution in [2.45, 2.75) is 6.92 Å². The first kappa shape index (κ1) is 22.6. The lowest BCUT2D eigenvalue weighted by Gasteiger charge is -2.33. The van der Waals surface area contributed by atoms with Crippen LogP contribution in [0, 0.1) is 33.4 Å². The molecule has 1 atom stereocenters. The summed E-state index contributed by atoms with van der Waals surface area (Å²) in [5.74, 6) is -7.91. The van der Waals surface area contributed by atoms with Gasteiger partial charge in [0.15, 0.2) is 28.7 Å². The van der Waals surface area contributed by atoms with E-state index in [9.17, 15) is 27.9 Å². The summed E-state index contributed by atoms with van der Waals surface area (Å²) in [6, 6.07) is 12.2. The lowest BCUT2D eigenvalue weighted by Crippen LogP contribution is -2.34. The molecule has 1 aliphatic heterocycles. The Labute approximate surface area is 184 Å². The largest absolute Gasteiger partial charge is 0.321 e. The second kappa shape index (κ2) is 8.42. The van der Waals surface area contributed by atoms with E-state index in [1.165, 1.54) is 31.2 Å². The minimum atomic E-state index is -4.63. The van der Waals surface area contributed by atoms with Gasteiger partial charge in [0, 0.05) is 17.7 Å². The first-order valence-corrected chi connectivity index (χ1v) is 11.1. The summed E-state index contributed by atoms with van der Waals surface area (Å²) < 4.78 is 77.8. The number of nitro groups is 1. The van der Waals surface area contributed by atoms with Crippen LogP contribution >= 0.6 is 7.37 Å². The molecule has 0 bridgehead atoms. The Hall–Kier alpha value is -3.56. The second-order valence-corrected chi connectivity index (χ2v) is 9.03. The Bertz CT molecular complexity index is 1330. The molecule has 0 N–H and O–H groups in total. The average Bonchev–Trinajstić information content (AvgIpc) is 2.81. The molecule has 12 heteroatoms. The van der Waals surface area contributed by atoms with Crippen LogP contribution in [0.3, 0.4) is 0 Å². The third kappa shape index (κ3) is 3.59. The van der Waals surface area contributed by atoms with Crippen LogP contribution in [0.2, 0.25) is 0 Å². The topological polar surface area (TPSA) is 85.0 Å². The van der Waals surface area contributed by atoms with Crippen molar-refractivity contribution in [3.05, 3.63) is 93.5 Å². The molecule has 1 aliphatic rings. The third-order valence-corrected chi connectivity index (χ3v) is 7.37. The number of non-ortho nitro benzene ring substituents is 1. The highest BCUT2D eigenvalue weighted by Gasteiger charge is 2.47. The van der Waals surface area contributed by atoms with Gasteiger partial charge in [0.2, 0.25) is 0 Å². The van der Waals surface area contributed by atoms with Crippen molar-refractivity contribution >= 4 is 35.2 Å². The number of para-hydroxylation sites is 1. The number of benzene rings is 3. The van der Waals surface area contributed by atoms with Gasteiger partial charge in [-0.25, -0.2) is 22.6 Å². The SMILES string of the molecule is CCO[P@]1(=O)C(c2ccc([N+](=O)[O-])cc2)=NN(c2ccccc2)c2c(F)c(F)c(F)c(F)c21. The smallest absolute Gasteiger partial charge is 0.286 e. The molecular formula is C21H14F4N3O4P. The van der Waals surface area contributed by atoms with Gasteiger partial charge in [0.1, 0.15) is 11.0 Å². The van der Waals surface area contributed by atoms with E-state index >= 15 is 4.39 Å². The zero-order valence-corrected chi connectivity index (χ0v) is 17.7. The van der Waals surface area contributed by atoms with Gasteiger partial charge < -0.3 is 4.52 Å². The van der Waals surface area contributed by atoms with Crippen molar-refractivity contribution in [2.24, 2.45) is 5.10 Å². The van der Waals surface area contributed by atoms with Crippen molar-refractivity contribution in [1.82, 2.24) is 0 Å². The molecule has 7 nitrogen and oxygen atoms in total. The summed E-state index contributed by atoms with van der Waals surface area (Å²) in [5.41, 5.74) is -1.44. The number of hydrogen-bond acceptors (Lipinski definition) is 6. The highest BCUT2D eigenvalue weighted by atomic mass is 31.2. The van der Waals surface area contributed by atoms with Gasteiger partial charge in [0.25, 0.3) is 13.1 Å². The van der Waals surface area contributed by atoms with Gasteiger partial charge in [-0.1, -0.05) is 18.2 Å². The summed E-state index contributed by atoms with van der Waals surface area (Å²) in [5, 5.41) is 14.9. The molecule has 4 rings (SSSR count). The van der Waals surface area contributed by atoms with Crippen LogP contribution in [0.25, 0.3) is 0 Å². The molecule has 0 amide bonds. The fourth-order valence-electron chi connectivity index (χ4n) is 3.40. The van der Waals surface area contributed by atoms with Crippen molar-refractivity contribution in [2.75, 3.05) is 11.6 Å². The fraction of sp³-hybridized carbons (Fsp3) is 0.0952. The molecule has 0 radical (unpaired) electrons. The quantitative estimate of drug-likeness (QED) is 0.119. The maximum Gasteiger partial charge on any atom is 0.286 e. The van der Waals surface area contributed by atoms with E-state index in [-0.39, 0.29) is 23.5 Å². The molecule has 0 saturated heterocycles. The number of fused-ring (bicyclic) bond motifs is 1. The predicted molar refractivity (Wildman–Crippen MR) is 113 cm³/mol. The summed E-state index contributed by atoms with van der Waals surface area (Å²) in [4.78, 5) is 10.3. The Morgan fingerprint density at radius 1 is 0.970 bits per heavy atom. The third-order valence-electron chi connectivity index (χ3n) is 4.85. The Kier molecular flexibility index (Phi) is 5.77. The van der Waals surface area contributed by atoms with E-state index in [2.05, 4.69) is 5.10 Å². The molecule has 0 saturated carbocycles. The first-order valence-electron chi connectivity index (χ1n) is 9.51. The number of halogens is 4. The Morgan fingerprint density at radius 2 is 1.58 bits per heavy atom. The van der Waals surface area contributed by atoms with E-state index in [0.29, 0.717) is 0 Å². The van der Waals surface area contributed by atoms with Crippen LogP contribution in [-0.2, 0) is 9.09 Å². The molecular weight excluding hydrogens is 465 g/mol. The lowest BCUT2D eigenvalue weighted by atomic mass is 10.2. The molecule has 1 heterocycles. The van der Waals surface area contributed by atoms with Crippen LogP contribution in [0.5, 0.6) is 0 Å². The van der Waals surface area contributed by atoms with Crippen molar-refractivity contribution in [3.63, 3.8) is 0 Å². The lowest BCUT2D eigenvalue weighted by molar-refractivity contribution is -0.384. The molecule has 3 aromatic rings. The number of rotatable bonds is 5. The summed E-state index contributed by atoms with van der Waals surface area (Å²) in [7, 11) is -4.63. The first-order chi connectivity index (χ1) is 15.7. The Balaban J connectivity index is 2.08. The maximum absolute atomic E-state index is 15.1. The normalized spacial score (nSPS) is 17.5. The molecule has 33 heavy (non-hydrogen) atoms. The van der Waals surface area contributed by atoms with Gasteiger partial charge in [-0.05, 0) is 31.2 Å². The number of hydrogen-bond donors (Lipinski definition) is 0. The van der Waals surface area contributed by atoms with Crippen LogP contribution in [0.4, 0.5) is 34.6 Å². The monoisotopic (exact) mass is 479 g/mol. The van der Waals surface area contributed by atoms with Gasteiger partial charge in [-0.3, -0.25) is 14.7 Å². The number of nitrogens with zero attached hydrogens (tertiary/aromatic N) is 3. The average molecular weight is 479 g/mol. The fourth-order valence-corrected chi connectivity index (χ4v) is 5.75. The molecule has 0 aromatic heterocycles. The van der Waals surface area contributed by atoms with E-state index in [4.69, 9.17) is 4.52 Å². The van der Waals surface area contributed by atoms with E-state index in [0.717, 1.165) is 17.1 Å². The van der Waals surface area contributed by atoms with E-state index in [1.807, 2.05) is 0 Å². The van der Waals surface area contributed by atoms with Crippen molar-refractivity contribution in [3.8, 4) is 0 Å². The number of hydrazone groups is 1. The zero-order valence-electron chi connectivity index (χ0n) is 16.8. The van der Waals surface area contributed by atoms with Gasteiger partial charge in [-0.2, -0.15) is 5.10 Å². The van der Waals surface area contributed by atoms with Crippen LogP contribution in [0.1, 0.15) is 12.5 Å². The molecule has 3 aromatic carbocycles. The number of anilines is 2. The van der Waals surface area contributed by atoms with Gasteiger partial charge in [-0.15, -0.1) is 0 Å². The van der Waals surface area contributed by atoms with Crippen LogP contribution in [0.15, 0.2) is 59.7 Å². The van der Waals surface area contributed by atoms with Crippen LogP contribution in [-0.4, -0.2) is 17.0 Å². The maximum atomic E-state index is 15.1. The van der Waals surface area contributed by atoms with Crippen molar-refractivity contribution in [1.29, 1.82) is 0 Å². The molecule has 170 valence electrons. The second-order valence-electron chi connectivity index (χ2n) is 6.80. The Morgan fingerprint density at radius 3 is 2.15 bits per heavy atom. The molecule has 0 spiro atoms. The summed E-state index contributed by atoms with van der Waals surface area (Å²) >= 11 is 0. The van der Waals surface area contributed by atoms with Gasteiger partial charge in [0.05, 0.1) is 17.2 Å². The minimum Gasteiger partial charge on any atom is -0.321 e. The summed E-state index contributed by atoms with van der Waals surface area (Å²) in [6.45, 7) is 1.15. The zero-order chi connectivity index (χ0) is 23.9. The van der Waals surface area contributed by atoms with Gasteiger partial charge >= 0.3 is 0 Å². The molecule has 0 unspecified atom stereocenters. The van der Waals surface area contributed by atoms with Crippen molar-refractivity contribution < 1.29 is 31.6 Å². The van der Waals surface area contributed by atoms with Crippen LogP contribution < -0.4 is 10.3 Å². The number of nitro benzene ring substituents is 1. The van der Waals surface area contributed by atoms with E-state index < -0.39 is 52.0 Å². The predicted octanol–water partition coefficient (Wildman–Crippen LogP) is 5.60. The molecule has 0 fully saturated rings. The summed E-state index contributed by atoms with van der Waals surface area (Å²) in [6.07, 6.45) is 0. The standard InChI is InChI=1S/C21H14F4N3O4P/c1-2-32-33(31)20-18(25)16(23)15(22)17(24)19(20)27(13-6-4-3-5-7-13)26-21(33)12-8-10-14(11-9-12)28(29)30/h3-11H,2H2,1H3/t33-/m0/s1. The minimum absolute atomic E-state index is 0.0218. The van der Waals surface area contributed by atoms with E-state index in [1.54, 1.807) is 18.2 Å². The molecule has 0 aliphatic carbocycles. The highest BCUT2D eigenvalue weighted by Crippen LogP contribution is 2.57.